The summed E-state index contributed by atoms with van der Waals surface area (Å²) in [5.41, 5.74) is 4.86. The van der Waals surface area contributed by atoms with Crippen LogP contribution in [0.4, 0.5) is 0 Å². The number of likely N-dealkylation sites (N-methyl/N-ethyl adjacent to an activating group) is 1. The van der Waals surface area contributed by atoms with E-state index in [0.717, 1.165) is 36.4 Å². The van der Waals surface area contributed by atoms with E-state index in [0.29, 0.717) is 11.5 Å². The number of phenols is 1. The van der Waals surface area contributed by atoms with Crippen LogP contribution in [-0.2, 0) is 12.8 Å². The first-order valence-corrected chi connectivity index (χ1v) is 10.5. The van der Waals surface area contributed by atoms with E-state index in [1.54, 1.807) is 20.3 Å². The van der Waals surface area contributed by atoms with Crippen molar-refractivity contribution in [1.29, 1.82) is 0 Å². The van der Waals surface area contributed by atoms with Crippen LogP contribution in [-0.4, -0.2) is 37.8 Å². The first-order valence-electron chi connectivity index (χ1n) is 10.5. The van der Waals surface area contributed by atoms with E-state index >= 15 is 0 Å². The lowest BCUT2D eigenvalue weighted by atomic mass is 9.88. The molecular weight excluding hydrogens is 390 g/mol. The lowest BCUT2D eigenvalue weighted by molar-refractivity contribution is 0.228. The molecule has 162 valence electrons. The highest BCUT2D eigenvalue weighted by atomic mass is 16.5. The van der Waals surface area contributed by atoms with Gasteiger partial charge in [-0.25, -0.2) is 0 Å². The van der Waals surface area contributed by atoms with E-state index in [9.17, 15) is 5.11 Å². The van der Waals surface area contributed by atoms with E-state index in [-0.39, 0.29) is 11.8 Å². The third kappa shape index (κ3) is 4.47. The van der Waals surface area contributed by atoms with Gasteiger partial charge < -0.3 is 19.3 Å². The van der Waals surface area contributed by atoms with E-state index < -0.39 is 0 Å². The molecule has 31 heavy (non-hydrogen) atoms. The second kappa shape index (κ2) is 8.90. The molecule has 0 radical (unpaired) electrons. The summed E-state index contributed by atoms with van der Waals surface area (Å²) in [5.74, 6) is 2.86. The monoisotopic (exact) mass is 419 g/mol. The van der Waals surface area contributed by atoms with Crippen molar-refractivity contribution in [2.75, 3.05) is 27.8 Å². The van der Waals surface area contributed by atoms with Gasteiger partial charge in [0, 0.05) is 12.6 Å². The van der Waals surface area contributed by atoms with Crippen molar-refractivity contribution in [2.45, 2.75) is 25.8 Å². The van der Waals surface area contributed by atoms with Crippen LogP contribution in [0.15, 0.2) is 54.6 Å². The number of hydrogen-bond donors (Lipinski definition) is 1. The minimum absolute atomic E-state index is 0.138. The van der Waals surface area contributed by atoms with Gasteiger partial charge in [0.2, 0.25) is 0 Å². The van der Waals surface area contributed by atoms with E-state index in [1.165, 1.54) is 16.7 Å². The predicted octanol–water partition coefficient (Wildman–Crippen LogP) is 5.28. The molecule has 3 aromatic carbocycles. The van der Waals surface area contributed by atoms with E-state index in [4.69, 9.17) is 14.2 Å². The van der Waals surface area contributed by atoms with Gasteiger partial charge in [-0.05, 0) is 85.5 Å². The molecule has 1 aliphatic rings. The summed E-state index contributed by atoms with van der Waals surface area (Å²) in [4.78, 5) is 2.39. The van der Waals surface area contributed by atoms with Gasteiger partial charge in [0.05, 0.1) is 14.2 Å². The summed E-state index contributed by atoms with van der Waals surface area (Å²) in [6, 6.07) is 17.9. The number of aryl methyl sites for hydroxylation is 1. The normalized spacial score (nSPS) is 15.9. The molecule has 0 unspecified atom stereocenters. The molecule has 5 nitrogen and oxygen atoms in total. The minimum atomic E-state index is 0.138. The van der Waals surface area contributed by atoms with Gasteiger partial charge in [0.25, 0.3) is 0 Å². The standard InChI is InChI=1S/C26H29NO4/c1-17-5-10-23(28)24(13-17)31-20-8-6-18(7-9-20)14-22-21-16-26(30-4)25(29-3)15-19(21)11-12-27(22)2/h5-10,13,15-16,22,28H,11-12,14H2,1-4H3/t22-/m1/s1. The topological polar surface area (TPSA) is 51.2 Å². The maximum Gasteiger partial charge on any atom is 0.169 e. The molecule has 1 heterocycles. The van der Waals surface area contributed by atoms with E-state index in [2.05, 4.69) is 36.2 Å². The number of nitrogens with zero attached hydrogens (tertiary/aromatic N) is 1. The molecule has 3 aromatic rings. The van der Waals surface area contributed by atoms with E-state index in [1.807, 2.05) is 31.2 Å². The Bertz CT molecular complexity index is 1060. The van der Waals surface area contributed by atoms with Crippen molar-refractivity contribution >= 4 is 0 Å². The SMILES string of the molecule is COc1cc2c(cc1OC)[C@@H](Cc1ccc(Oc3cc(C)ccc3O)cc1)N(C)CC2. The van der Waals surface area contributed by atoms with Gasteiger partial charge >= 0.3 is 0 Å². The van der Waals surface area contributed by atoms with Crippen LogP contribution < -0.4 is 14.2 Å². The molecule has 1 atom stereocenters. The summed E-state index contributed by atoms with van der Waals surface area (Å²) in [6.07, 6.45) is 1.88. The molecule has 0 aliphatic carbocycles. The van der Waals surface area contributed by atoms with Crippen LogP contribution in [0, 0.1) is 6.92 Å². The van der Waals surface area contributed by atoms with Gasteiger partial charge in [-0.3, -0.25) is 4.90 Å². The molecule has 1 aliphatic heterocycles. The van der Waals surface area contributed by atoms with Crippen LogP contribution in [0.25, 0.3) is 0 Å². The zero-order valence-electron chi connectivity index (χ0n) is 18.5. The van der Waals surface area contributed by atoms with Gasteiger partial charge in [-0.1, -0.05) is 18.2 Å². The fourth-order valence-corrected chi connectivity index (χ4v) is 4.17. The Morgan fingerprint density at radius 3 is 2.35 bits per heavy atom. The molecule has 0 saturated heterocycles. The number of hydrogen-bond acceptors (Lipinski definition) is 5. The molecule has 0 aromatic heterocycles. The zero-order valence-corrected chi connectivity index (χ0v) is 18.5. The lowest BCUT2D eigenvalue weighted by Crippen LogP contribution is -2.33. The van der Waals surface area contributed by atoms with Crippen molar-refractivity contribution in [3.05, 3.63) is 76.9 Å². The molecule has 5 heteroatoms. The third-order valence-corrected chi connectivity index (χ3v) is 5.97. The maximum atomic E-state index is 10.0. The summed E-state index contributed by atoms with van der Waals surface area (Å²) in [5, 5.41) is 10.0. The van der Waals surface area contributed by atoms with Crippen molar-refractivity contribution < 1.29 is 19.3 Å². The number of phenolic OH excluding ortho intramolecular Hbond substituents is 1. The first kappa shape index (κ1) is 21.1. The van der Waals surface area contributed by atoms with Crippen LogP contribution in [0.2, 0.25) is 0 Å². The number of rotatable bonds is 6. The fraction of sp³-hybridized carbons (Fsp3) is 0.308. The molecule has 1 N–H and O–H groups in total. The van der Waals surface area contributed by atoms with Gasteiger partial charge in [0.15, 0.2) is 23.0 Å². The second-order valence-corrected chi connectivity index (χ2v) is 8.07. The average Bonchev–Trinajstić information content (AvgIpc) is 2.78. The summed E-state index contributed by atoms with van der Waals surface area (Å²) < 4.78 is 16.9. The highest BCUT2D eigenvalue weighted by Crippen LogP contribution is 2.39. The predicted molar refractivity (Wildman–Crippen MR) is 122 cm³/mol. The number of methoxy groups -OCH3 is 2. The van der Waals surface area contributed by atoms with Crippen LogP contribution in [0.5, 0.6) is 28.7 Å². The molecule has 0 spiro atoms. The van der Waals surface area contributed by atoms with Crippen LogP contribution >= 0.6 is 0 Å². The molecule has 0 saturated carbocycles. The molecular formula is C26H29NO4. The van der Waals surface area contributed by atoms with Gasteiger partial charge in [-0.15, -0.1) is 0 Å². The number of benzene rings is 3. The molecule has 0 amide bonds. The van der Waals surface area contributed by atoms with Crippen molar-refractivity contribution in [3.63, 3.8) is 0 Å². The highest BCUT2D eigenvalue weighted by molar-refractivity contribution is 5.50. The average molecular weight is 420 g/mol. The summed E-state index contributed by atoms with van der Waals surface area (Å²) in [7, 11) is 5.52. The summed E-state index contributed by atoms with van der Waals surface area (Å²) in [6.45, 7) is 2.97. The second-order valence-electron chi connectivity index (χ2n) is 8.07. The Kier molecular flexibility index (Phi) is 6.05. The van der Waals surface area contributed by atoms with Gasteiger partial charge in [0.1, 0.15) is 5.75 Å². The van der Waals surface area contributed by atoms with Crippen LogP contribution in [0.1, 0.15) is 28.3 Å². The number of ether oxygens (including phenoxy) is 3. The Balaban J connectivity index is 1.55. The van der Waals surface area contributed by atoms with Crippen molar-refractivity contribution in [3.8, 4) is 28.7 Å². The quantitative estimate of drug-likeness (QED) is 0.589. The zero-order chi connectivity index (χ0) is 22.0. The Hall–Kier alpha value is -3.18. The van der Waals surface area contributed by atoms with Crippen molar-refractivity contribution in [1.82, 2.24) is 4.90 Å². The van der Waals surface area contributed by atoms with Crippen LogP contribution in [0.3, 0.4) is 0 Å². The fourth-order valence-electron chi connectivity index (χ4n) is 4.17. The lowest BCUT2D eigenvalue weighted by Gasteiger charge is -2.35. The largest absolute Gasteiger partial charge is 0.504 e. The first-order chi connectivity index (χ1) is 15.0. The Morgan fingerprint density at radius 1 is 0.935 bits per heavy atom. The minimum Gasteiger partial charge on any atom is -0.504 e. The number of aromatic hydroxyl groups is 1. The van der Waals surface area contributed by atoms with Crippen molar-refractivity contribution in [2.24, 2.45) is 0 Å². The highest BCUT2D eigenvalue weighted by Gasteiger charge is 2.27. The molecule has 4 rings (SSSR count). The molecule has 0 bridgehead atoms. The summed E-state index contributed by atoms with van der Waals surface area (Å²) >= 11 is 0. The Labute approximate surface area is 183 Å². The Morgan fingerprint density at radius 2 is 1.65 bits per heavy atom. The van der Waals surface area contributed by atoms with Gasteiger partial charge in [-0.2, -0.15) is 0 Å². The third-order valence-electron chi connectivity index (χ3n) is 5.97. The number of fused-ring (bicyclic) bond motifs is 1. The smallest absolute Gasteiger partial charge is 0.169 e. The molecule has 0 fully saturated rings. The maximum absolute atomic E-state index is 10.0.